The van der Waals surface area contributed by atoms with Crippen molar-refractivity contribution in [3.63, 3.8) is 0 Å². The number of alkyl halides is 3. The molecule has 3 aromatic heterocycles. The third-order valence-electron chi connectivity index (χ3n) is 6.40. The first kappa shape index (κ1) is 22.9. The van der Waals surface area contributed by atoms with Gasteiger partial charge in [0.1, 0.15) is 11.7 Å². The Kier molecular flexibility index (Phi) is 5.29. The summed E-state index contributed by atoms with van der Waals surface area (Å²) in [6.45, 7) is 4.00. The molecule has 0 radical (unpaired) electrons. The van der Waals surface area contributed by atoms with E-state index < -0.39 is 29.7 Å². The Bertz CT molecular complexity index is 1340. The average molecular weight is 488 g/mol. The second kappa shape index (κ2) is 8.10. The molecule has 0 saturated carbocycles. The van der Waals surface area contributed by atoms with Crippen molar-refractivity contribution in [1.29, 1.82) is 0 Å². The quantitative estimate of drug-likeness (QED) is 0.514. The summed E-state index contributed by atoms with van der Waals surface area (Å²) in [5.74, 6) is -1.23. The number of carbonyl (C=O) groups excluding carboxylic acids is 2. The number of primary amides is 1. The van der Waals surface area contributed by atoms with Crippen LogP contribution in [0.4, 0.5) is 30.5 Å². The van der Waals surface area contributed by atoms with E-state index in [-0.39, 0.29) is 11.6 Å². The predicted octanol–water partition coefficient (Wildman–Crippen LogP) is 2.56. The number of aromatic nitrogens is 4. The maximum Gasteiger partial charge on any atom is 0.408 e. The number of nitrogens with one attached hydrogen (secondary N) is 2. The molecule has 2 aliphatic rings. The van der Waals surface area contributed by atoms with Crippen LogP contribution in [0.1, 0.15) is 46.3 Å². The van der Waals surface area contributed by atoms with Crippen LogP contribution in [0.25, 0.3) is 11.0 Å². The summed E-state index contributed by atoms with van der Waals surface area (Å²) in [5, 5.41) is 9.99. The minimum Gasteiger partial charge on any atom is -0.366 e. The number of halogens is 3. The Labute approximate surface area is 197 Å². The molecular formula is C22H23F3N8O2. The van der Waals surface area contributed by atoms with Gasteiger partial charge in [0.15, 0.2) is 17.3 Å². The van der Waals surface area contributed by atoms with Gasteiger partial charge in [-0.25, -0.2) is 9.97 Å². The minimum absolute atomic E-state index is 0.0546. The molecule has 0 aromatic carbocycles. The molecule has 0 spiro atoms. The highest BCUT2D eigenvalue weighted by atomic mass is 19.4. The number of nitrogens with zero attached hydrogens (tertiary/aromatic N) is 5. The first-order valence-corrected chi connectivity index (χ1v) is 11.1. The first-order valence-electron chi connectivity index (χ1n) is 11.1. The molecule has 1 saturated heterocycles. The summed E-state index contributed by atoms with van der Waals surface area (Å²) in [6.07, 6.45) is -2.97. The van der Waals surface area contributed by atoms with Gasteiger partial charge in [0.25, 0.3) is 11.8 Å². The monoisotopic (exact) mass is 488 g/mol. The Balaban J connectivity index is 1.67. The summed E-state index contributed by atoms with van der Waals surface area (Å²) < 4.78 is 39.2. The van der Waals surface area contributed by atoms with Crippen molar-refractivity contribution >= 4 is 40.2 Å². The van der Waals surface area contributed by atoms with Crippen LogP contribution in [0.3, 0.4) is 0 Å². The molecule has 5 rings (SSSR count). The third-order valence-corrected chi connectivity index (χ3v) is 6.40. The van der Waals surface area contributed by atoms with Crippen molar-refractivity contribution < 1.29 is 22.8 Å². The molecule has 2 aliphatic heterocycles. The molecule has 10 nitrogen and oxygen atoms in total. The fourth-order valence-electron chi connectivity index (χ4n) is 4.61. The molecular weight excluding hydrogens is 465 g/mol. The number of pyridine rings is 2. The van der Waals surface area contributed by atoms with Gasteiger partial charge in [0.05, 0.1) is 22.7 Å². The second-order valence-corrected chi connectivity index (χ2v) is 8.84. The number of hydrogen-bond acceptors (Lipinski definition) is 7. The van der Waals surface area contributed by atoms with E-state index in [4.69, 9.17) is 5.73 Å². The van der Waals surface area contributed by atoms with E-state index >= 15 is 0 Å². The lowest BCUT2D eigenvalue weighted by Gasteiger charge is -2.46. The average Bonchev–Trinajstić information content (AvgIpc) is 3.20. The molecule has 35 heavy (non-hydrogen) atoms. The van der Waals surface area contributed by atoms with Crippen molar-refractivity contribution in [2.75, 3.05) is 22.9 Å². The van der Waals surface area contributed by atoms with Crippen molar-refractivity contribution in [3.05, 3.63) is 35.2 Å². The van der Waals surface area contributed by atoms with E-state index in [0.717, 1.165) is 30.8 Å². The van der Waals surface area contributed by atoms with Gasteiger partial charge < -0.3 is 20.9 Å². The number of rotatable bonds is 4. The van der Waals surface area contributed by atoms with Crippen LogP contribution in [0.5, 0.6) is 0 Å². The lowest BCUT2D eigenvalue weighted by Crippen LogP contribution is -2.51. The summed E-state index contributed by atoms with van der Waals surface area (Å²) in [6, 6.07) is 2.96. The van der Waals surface area contributed by atoms with E-state index in [9.17, 15) is 22.8 Å². The fourth-order valence-corrected chi connectivity index (χ4v) is 4.61. The number of anilines is 3. The van der Waals surface area contributed by atoms with E-state index in [0.29, 0.717) is 36.1 Å². The van der Waals surface area contributed by atoms with Crippen LogP contribution >= 0.6 is 0 Å². The molecule has 2 amide bonds. The van der Waals surface area contributed by atoms with Gasteiger partial charge in [-0.1, -0.05) is 0 Å². The molecule has 3 aromatic rings. The minimum atomic E-state index is -4.66. The van der Waals surface area contributed by atoms with Crippen LogP contribution < -0.4 is 20.9 Å². The number of carbonyl (C=O) groups is 2. The molecule has 2 bridgehead atoms. The lowest BCUT2D eigenvalue weighted by atomic mass is 9.98. The van der Waals surface area contributed by atoms with E-state index in [1.807, 2.05) is 34.2 Å². The summed E-state index contributed by atoms with van der Waals surface area (Å²) in [7, 11) is 0. The van der Waals surface area contributed by atoms with Crippen molar-refractivity contribution in [3.8, 4) is 0 Å². The van der Waals surface area contributed by atoms with Gasteiger partial charge in [-0.3, -0.25) is 14.7 Å². The summed E-state index contributed by atoms with van der Waals surface area (Å²) in [4.78, 5) is 37.9. The van der Waals surface area contributed by atoms with E-state index in [1.165, 1.54) is 6.07 Å². The number of amides is 2. The zero-order valence-corrected chi connectivity index (χ0v) is 19.0. The summed E-state index contributed by atoms with van der Waals surface area (Å²) in [5.41, 5.74) is 6.74. The van der Waals surface area contributed by atoms with Crippen molar-refractivity contribution in [2.24, 2.45) is 5.73 Å². The number of H-pyrrole nitrogens is 1. The lowest BCUT2D eigenvalue weighted by molar-refractivity contribution is -0.149. The van der Waals surface area contributed by atoms with Crippen molar-refractivity contribution in [1.82, 2.24) is 25.5 Å². The van der Waals surface area contributed by atoms with Gasteiger partial charge in [0, 0.05) is 18.8 Å². The van der Waals surface area contributed by atoms with Gasteiger partial charge in [0.2, 0.25) is 0 Å². The van der Waals surface area contributed by atoms with Gasteiger partial charge in [-0.05, 0) is 44.9 Å². The third kappa shape index (κ3) is 3.90. The van der Waals surface area contributed by atoms with Gasteiger partial charge >= 0.3 is 6.18 Å². The SMILES string of the molecule is Cc1ccc2c(N3c4nc(C(=O)N[C@H](C)C(F)(F)F)c(C(N)=O)cc4N4CCC[C@H]3C4)n[nH]c2n1. The standard InChI is InChI=1S/C22H23F3N8O2/c1-10-5-6-13-18(27-10)30-31-19(13)33-12-4-3-7-32(9-12)15-8-14(17(26)34)16(29-20(15)33)21(35)28-11(2)22(23,24)25/h5-6,8,11-12H,3-4,7,9H2,1-2H3,(H2,26,34)(H,28,35)(H,27,30,31)/t11-,12+/m1/s1. The number of piperidine rings is 1. The van der Waals surface area contributed by atoms with Crippen LogP contribution in [-0.2, 0) is 0 Å². The number of nitrogens with two attached hydrogens (primary N) is 1. The fraction of sp³-hybridized carbons (Fsp3) is 0.409. The zero-order chi connectivity index (χ0) is 25.1. The number of hydrogen-bond donors (Lipinski definition) is 3. The van der Waals surface area contributed by atoms with E-state index in [1.54, 1.807) is 0 Å². The Hall–Kier alpha value is -3.90. The van der Waals surface area contributed by atoms with Crippen LogP contribution in [0.15, 0.2) is 18.2 Å². The van der Waals surface area contributed by atoms with Gasteiger partial charge in [-0.2, -0.15) is 18.3 Å². The van der Waals surface area contributed by atoms with E-state index in [2.05, 4.69) is 20.2 Å². The molecule has 0 aliphatic carbocycles. The van der Waals surface area contributed by atoms with Crippen LogP contribution in [0, 0.1) is 6.92 Å². The smallest absolute Gasteiger partial charge is 0.366 e. The first-order chi connectivity index (χ1) is 16.5. The normalized spacial score (nSPS) is 18.4. The highest BCUT2D eigenvalue weighted by Gasteiger charge is 2.41. The second-order valence-electron chi connectivity index (χ2n) is 8.84. The molecule has 184 valence electrons. The Morgan fingerprint density at radius 1 is 1.26 bits per heavy atom. The zero-order valence-electron chi connectivity index (χ0n) is 19.0. The Morgan fingerprint density at radius 3 is 2.74 bits per heavy atom. The maximum atomic E-state index is 13.1. The number of aromatic amines is 1. The molecule has 2 atom stereocenters. The molecule has 4 N–H and O–H groups in total. The number of fused-ring (bicyclic) bond motifs is 5. The molecule has 1 fully saturated rings. The topological polar surface area (TPSA) is 133 Å². The summed E-state index contributed by atoms with van der Waals surface area (Å²) >= 11 is 0. The molecule has 5 heterocycles. The van der Waals surface area contributed by atoms with Crippen molar-refractivity contribution in [2.45, 2.75) is 44.9 Å². The molecule has 13 heteroatoms. The van der Waals surface area contributed by atoms with Crippen LogP contribution in [-0.4, -0.2) is 63.3 Å². The predicted molar refractivity (Wildman–Crippen MR) is 122 cm³/mol. The highest BCUT2D eigenvalue weighted by Crippen LogP contribution is 2.44. The molecule has 0 unspecified atom stereocenters. The maximum absolute atomic E-state index is 13.1. The van der Waals surface area contributed by atoms with Gasteiger partial charge in [-0.15, -0.1) is 0 Å². The Morgan fingerprint density at radius 2 is 2.03 bits per heavy atom. The van der Waals surface area contributed by atoms with Crippen LogP contribution in [0.2, 0.25) is 0 Å². The number of aryl methyl sites for hydroxylation is 1. The highest BCUT2D eigenvalue weighted by molar-refractivity contribution is 6.07. The largest absolute Gasteiger partial charge is 0.408 e.